The van der Waals surface area contributed by atoms with Crippen molar-refractivity contribution in [2.75, 3.05) is 39.2 Å². The summed E-state index contributed by atoms with van der Waals surface area (Å²) in [5, 5.41) is 7.46. The van der Waals surface area contributed by atoms with Crippen molar-refractivity contribution in [3.63, 3.8) is 0 Å². The molecule has 3 rings (SSSR count). The van der Waals surface area contributed by atoms with Crippen LogP contribution in [-0.4, -0.2) is 44.9 Å². The lowest BCUT2D eigenvalue weighted by Crippen LogP contribution is -2.32. The van der Waals surface area contributed by atoms with Gasteiger partial charge in [0.1, 0.15) is 11.6 Å². The number of fused-ring (bicyclic) bond motifs is 1. The maximum atomic E-state index is 13.5. The normalized spacial score (nSPS) is 11.6. The van der Waals surface area contributed by atoms with Gasteiger partial charge in [0.25, 0.3) is 0 Å². The van der Waals surface area contributed by atoms with Crippen LogP contribution in [0.25, 0.3) is 10.9 Å². The molecule has 0 amide bonds. The topological polar surface area (TPSA) is 70.7 Å². The fourth-order valence-electron chi connectivity index (χ4n) is 3.05. The van der Waals surface area contributed by atoms with E-state index >= 15 is 0 Å². The number of nitrogens with zero attached hydrogens (tertiary/aromatic N) is 1. The number of methoxy groups -OCH3 is 1. The van der Waals surface area contributed by atoms with E-state index in [4.69, 9.17) is 9.47 Å². The number of ether oxygens (including phenoxy) is 2. The summed E-state index contributed by atoms with van der Waals surface area (Å²) in [6, 6.07) is 12.5. The summed E-state index contributed by atoms with van der Waals surface area (Å²) in [5.74, 6) is 1.23. The zero-order chi connectivity index (χ0) is 20.5. The third-order valence-corrected chi connectivity index (χ3v) is 4.50. The fourth-order valence-corrected chi connectivity index (χ4v) is 3.05. The van der Waals surface area contributed by atoms with E-state index in [1.54, 1.807) is 26.3 Å². The first-order valence-corrected chi connectivity index (χ1v) is 9.64. The number of aliphatic imine (C=N–C) groups is 1. The van der Waals surface area contributed by atoms with Crippen molar-refractivity contribution in [1.82, 2.24) is 10.3 Å². The molecule has 1 heterocycles. The maximum Gasteiger partial charge on any atom is 0.195 e. The van der Waals surface area contributed by atoms with Gasteiger partial charge >= 0.3 is 0 Å². The highest BCUT2D eigenvalue weighted by molar-refractivity contribution is 5.93. The summed E-state index contributed by atoms with van der Waals surface area (Å²) in [4.78, 5) is 7.44. The van der Waals surface area contributed by atoms with Crippen LogP contribution in [0.15, 0.2) is 53.7 Å². The van der Waals surface area contributed by atoms with Gasteiger partial charge in [0, 0.05) is 62.6 Å². The first-order valence-electron chi connectivity index (χ1n) is 9.64. The van der Waals surface area contributed by atoms with Crippen LogP contribution in [0.3, 0.4) is 0 Å². The molecule has 0 aliphatic rings. The Balaban J connectivity index is 1.52. The fraction of sp³-hybridized carbons (Fsp3) is 0.318. The van der Waals surface area contributed by atoms with Crippen LogP contribution in [0.2, 0.25) is 0 Å². The molecule has 29 heavy (non-hydrogen) atoms. The minimum absolute atomic E-state index is 0.229. The number of H-pyrrole nitrogens is 1. The molecule has 0 atom stereocenters. The van der Waals surface area contributed by atoms with Crippen molar-refractivity contribution < 1.29 is 13.9 Å². The summed E-state index contributed by atoms with van der Waals surface area (Å²) in [6.07, 6.45) is 3.51. The van der Waals surface area contributed by atoms with Gasteiger partial charge in [-0.05, 0) is 42.3 Å². The average molecular weight is 398 g/mol. The number of benzene rings is 2. The molecule has 7 heteroatoms. The highest BCUT2D eigenvalue weighted by Crippen LogP contribution is 2.20. The van der Waals surface area contributed by atoms with Gasteiger partial charge in [0.15, 0.2) is 5.96 Å². The molecule has 0 unspecified atom stereocenters. The summed E-state index contributed by atoms with van der Waals surface area (Å²) in [7, 11) is 3.40. The van der Waals surface area contributed by atoms with Crippen LogP contribution < -0.4 is 15.4 Å². The molecule has 0 fully saturated rings. The van der Waals surface area contributed by atoms with E-state index in [1.165, 1.54) is 6.07 Å². The van der Waals surface area contributed by atoms with E-state index in [9.17, 15) is 4.39 Å². The Morgan fingerprint density at radius 2 is 2.07 bits per heavy atom. The number of rotatable bonds is 9. The van der Waals surface area contributed by atoms with Crippen molar-refractivity contribution in [2.24, 2.45) is 4.99 Å². The molecule has 1 aromatic heterocycles. The van der Waals surface area contributed by atoms with Crippen molar-refractivity contribution in [3.8, 4) is 5.75 Å². The average Bonchev–Trinajstić information content (AvgIpc) is 3.13. The number of aromatic nitrogens is 1. The lowest BCUT2D eigenvalue weighted by Gasteiger charge is -2.13. The second kappa shape index (κ2) is 10.5. The van der Waals surface area contributed by atoms with Crippen molar-refractivity contribution in [3.05, 3.63) is 60.0 Å². The molecule has 0 aliphatic heterocycles. The molecule has 0 bridgehead atoms. The van der Waals surface area contributed by atoms with Gasteiger partial charge in [-0.3, -0.25) is 4.99 Å². The zero-order valence-electron chi connectivity index (χ0n) is 16.8. The smallest absolute Gasteiger partial charge is 0.195 e. The van der Waals surface area contributed by atoms with Crippen LogP contribution in [0.1, 0.15) is 12.0 Å². The van der Waals surface area contributed by atoms with Gasteiger partial charge < -0.3 is 25.1 Å². The Morgan fingerprint density at radius 3 is 2.90 bits per heavy atom. The molecule has 154 valence electrons. The lowest BCUT2D eigenvalue weighted by molar-refractivity contribution is 0.172. The quantitative estimate of drug-likeness (QED) is 0.290. The van der Waals surface area contributed by atoms with Gasteiger partial charge in [-0.1, -0.05) is 6.07 Å². The first-order chi connectivity index (χ1) is 14.2. The molecule has 0 radical (unpaired) electrons. The zero-order valence-corrected chi connectivity index (χ0v) is 16.8. The van der Waals surface area contributed by atoms with Gasteiger partial charge in [0.05, 0.1) is 6.61 Å². The van der Waals surface area contributed by atoms with Crippen molar-refractivity contribution in [1.29, 1.82) is 0 Å². The van der Waals surface area contributed by atoms with E-state index in [2.05, 4.69) is 20.6 Å². The Kier molecular flexibility index (Phi) is 7.47. The Hall–Kier alpha value is -3.06. The van der Waals surface area contributed by atoms with E-state index in [1.807, 2.05) is 30.5 Å². The van der Waals surface area contributed by atoms with Crippen LogP contribution >= 0.6 is 0 Å². The summed E-state index contributed by atoms with van der Waals surface area (Å²) >= 11 is 0. The second-order valence-corrected chi connectivity index (χ2v) is 6.60. The molecule has 0 aliphatic carbocycles. The number of aromatic amines is 1. The predicted octanol–water partition coefficient (Wildman–Crippen LogP) is 3.95. The number of guanidine groups is 1. The van der Waals surface area contributed by atoms with Gasteiger partial charge in [-0.2, -0.15) is 0 Å². The monoisotopic (exact) mass is 398 g/mol. The molecule has 6 nitrogen and oxygen atoms in total. The van der Waals surface area contributed by atoms with Crippen LogP contribution in [0, 0.1) is 5.82 Å². The van der Waals surface area contributed by atoms with E-state index in [-0.39, 0.29) is 5.82 Å². The molecular weight excluding hydrogens is 371 g/mol. The minimum Gasteiger partial charge on any atom is -0.493 e. The number of anilines is 1. The standard InChI is InChI=1S/C22H27FN4O2/c1-24-22(27-18-5-3-6-19(14-18)29-12-4-11-28-2)25-10-9-16-15-26-21-8-7-17(23)13-20(16)21/h3,5-8,13-15,26H,4,9-12H2,1-2H3,(H2,24,25,27). The first kappa shape index (κ1) is 20.7. The summed E-state index contributed by atoms with van der Waals surface area (Å²) in [6.45, 7) is 1.95. The van der Waals surface area contributed by atoms with Gasteiger partial charge in [-0.25, -0.2) is 4.39 Å². The van der Waals surface area contributed by atoms with Crippen molar-refractivity contribution >= 4 is 22.5 Å². The van der Waals surface area contributed by atoms with E-state index < -0.39 is 0 Å². The summed E-state index contributed by atoms with van der Waals surface area (Å²) in [5.41, 5.74) is 2.89. The number of halogens is 1. The molecular formula is C22H27FN4O2. The van der Waals surface area contributed by atoms with Crippen LogP contribution in [0.5, 0.6) is 5.75 Å². The minimum atomic E-state index is -0.229. The lowest BCUT2D eigenvalue weighted by atomic mass is 10.1. The van der Waals surface area contributed by atoms with Crippen LogP contribution in [-0.2, 0) is 11.2 Å². The number of hydrogen-bond acceptors (Lipinski definition) is 3. The Labute approximate surface area is 170 Å². The molecule has 2 aromatic carbocycles. The molecule has 0 spiro atoms. The number of nitrogens with one attached hydrogen (secondary N) is 3. The maximum absolute atomic E-state index is 13.5. The molecule has 3 N–H and O–H groups in total. The molecule has 0 saturated heterocycles. The highest BCUT2D eigenvalue weighted by atomic mass is 19.1. The van der Waals surface area contributed by atoms with E-state index in [0.29, 0.717) is 25.7 Å². The largest absolute Gasteiger partial charge is 0.493 e. The highest BCUT2D eigenvalue weighted by Gasteiger charge is 2.06. The Bertz CT molecular complexity index is 955. The van der Waals surface area contributed by atoms with E-state index in [0.717, 1.165) is 40.7 Å². The third-order valence-electron chi connectivity index (χ3n) is 4.50. The predicted molar refractivity (Wildman–Crippen MR) is 115 cm³/mol. The second-order valence-electron chi connectivity index (χ2n) is 6.60. The van der Waals surface area contributed by atoms with Gasteiger partial charge in [-0.15, -0.1) is 0 Å². The van der Waals surface area contributed by atoms with Crippen LogP contribution in [0.4, 0.5) is 10.1 Å². The number of hydrogen-bond donors (Lipinski definition) is 3. The van der Waals surface area contributed by atoms with Crippen molar-refractivity contribution in [2.45, 2.75) is 12.8 Å². The molecule has 0 saturated carbocycles. The summed E-state index contributed by atoms with van der Waals surface area (Å²) < 4.78 is 24.3. The SMILES string of the molecule is CN=C(NCCc1c[nH]c2ccc(F)cc12)Nc1cccc(OCCCOC)c1. The Morgan fingerprint density at radius 1 is 1.17 bits per heavy atom. The molecule has 3 aromatic rings. The van der Waals surface area contributed by atoms with Gasteiger partial charge in [0.2, 0.25) is 0 Å². The third kappa shape index (κ3) is 5.96.